The average molecular weight is 185 g/mol. The van der Waals surface area contributed by atoms with Gasteiger partial charge in [-0.3, -0.25) is 0 Å². The minimum atomic E-state index is -1.32. The van der Waals surface area contributed by atoms with Crippen LogP contribution in [0.4, 0.5) is 4.39 Å². The average Bonchev–Trinajstić information content (AvgIpc) is 2.33. The number of isocyanates is 1. The number of carbonyl (C=O) groups excluding carboxylic acids is 1. The molecule has 0 bridgehead atoms. The van der Waals surface area contributed by atoms with Crippen molar-refractivity contribution in [3.63, 3.8) is 0 Å². The highest BCUT2D eigenvalue weighted by atomic mass is 19.1. The summed E-state index contributed by atoms with van der Waals surface area (Å²) in [6.07, 6.45) is 7.48. The van der Waals surface area contributed by atoms with Gasteiger partial charge in [0.25, 0.3) is 0 Å². The first kappa shape index (κ1) is 10.4. The van der Waals surface area contributed by atoms with Crippen LogP contribution in [0.5, 0.6) is 0 Å². The van der Waals surface area contributed by atoms with Crippen LogP contribution in [0.1, 0.15) is 44.9 Å². The van der Waals surface area contributed by atoms with Crippen molar-refractivity contribution >= 4 is 6.08 Å². The maximum Gasteiger partial charge on any atom is 0.237 e. The summed E-state index contributed by atoms with van der Waals surface area (Å²) in [5.74, 6) is 0.426. The van der Waals surface area contributed by atoms with Crippen LogP contribution in [0.25, 0.3) is 0 Å². The molecule has 0 radical (unpaired) electrons. The van der Waals surface area contributed by atoms with Crippen molar-refractivity contribution in [2.24, 2.45) is 10.9 Å². The van der Waals surface area contributed by atoms with E-state index in [1.54, 1.807) is 0 Å². The molecule has 1 rings (SSSR count). The van der Waals surface area contributed by atoms with Crippen LogP contribution in [0, 0.1) is 5.92 Å². The van der Waals surface area contributed by atoms with Crippen LogP contribution in [-0.4, -0.2) is 12.4 Å². The number of aliphatic imine (C=N–C) groups is 1. The SMILES string of the molecule is O=C=NC(F)CC1CCCCCC1. The number of rotatable bonds is 3. The number of hydrogen-bond acceptors (Lipinski definition) is 2. The fraction of sp³-hybridized carbons (Fsp3) is 0.900. The Morgan fingerprint density at radius 1 is 1.31 bits per heavy atom. The van der Waals surface area contributed by atoms with Crippen LogP contribution in [0.3, 0.4) is 0 Å². The fourth-order valence-electron chi connectivity index (χ4n) is 1.98. The van der Waals surface area contributed by atoms with Gasteiger partial charge in [-0.25, -0.2) is 9.18 Å². The summed E-state index contributed by atoms with van der Waals surface area (Å²) >= 11 is 0. The normalized spacial score (nSPS) is 21.6. The molecule has 1 fully saturated rings. The van der Waals surface area contributed by atoms with Crippen LogP contribution in [0.2, 0.25) is 0 Å². The fourth-order valence-corrected chi connectivity index (χ4v) is 1.98. The zero-order valence-electron chi connectivity index (χ0n) is 7.84. The molecule has 0 heterocycles. The van der Waals surface area contributed by atoms with Crippen molar-refractivity contribution in [2.75, 3.05) is 0 Å². The molecule has 0 aromatic rings. The summed E-state index contributed by atoms with van der Waals surface area (Å²) in [5, 5.41) is 0. The smallest absolute Gasteiger partial charge is 0.221 e. The lowest BCUT2D eigenvalue weighted by Crippen LogP contribution is -2.06. The van der Waals surface area contributed by atoms with Crippen molar-refractivity contribution in [3.05, 3.63) is 0 Å². The van der Waals surface area contributed by atoms with E-state index in [0.29, 0.717) is 12.3 Å². The highest BCUT2D eigenvalue weighted by Crippen LogP contribution is 2.27. The van der Waals surface area contributed by atoms with Gasteiger partial charge in [0.15, 0.2) is 0 Å². The van der Waals surface area contributed by atoms with E-state index in [1.165, 1.54) is 31.8 Å². The lowest BCUT2D eigenvalue weighted by Gasteiger charge is -2.13. The Morgan fingerprint density at radius 3 is 2.46 bits per heavy atom. The van der Waals surface area contributed by atoms with Crippen molar-refractivity contribution in [2.45, 2.75) is 51.2 Å². The second kappa shape index (κ2) is 5.87. The minimum absolute atomic E-state index is 0.412. The number of hydrogen-bond donors (Lipinski definition) is 0. The van der Waals surface area contributed by atoms with Crippen molar-refractivity contribution in [1.82, 2.24) is 0 Å². The zero-order chi connectivity index (χ0) is 9.52. The maximum atomic E-state index is 12.9. The Balaban J connectivity index is 2.29. The largest absolute Gasteiger partial charge is 0.237 e. The van der Waals surface area contributed by atoms with Gasteiger partial charge in [-0.2, -0.15) is 4.99 Å². The zero-order valence-corrected chi connectivity index (χ0v) is 7.84. The molecule has 0 aliphatic heterocycles. The number of alkyl halides is 1. The van der Waals surface area contributed by atoms with E-state index >= 15 is 0 Å². The summed E-state index contributed by atoms with van der Waals surface area (Å²) in [7, 11) is 0. The summed E-state index contributed by atoms with van der Waals surface area (Å²) < 4.78 is 12.9. The van der Waals surface area contributed by atoms with Crippen LogP contribution < -0.4 is 0 Å². The van der Waals surface area contributed by atoms with Gasteiger partial charge in [0.1, 0.15) is 0 Å². The van der Waals surface area contributed by atoms with Crippen LogP contribution >= 0.6 is 0 Å². The van der Waals surface area contributed by atoms with E-state index in [9.17, 15) is 9.18 Å². The lowest BCUT2D eigenvalue weighted by molar-refractivity contribution is 0.262. The molecule has 0 aromatic carbocycles. The second-order valence-electron chi connectivity index (χ2n) is 3.75. The van der Waals surface area contributed by atoms with E-state index in [0.717, 1.165) is 12.8 Å². The first-order valence-corrected chi connectivity index (χ1v) is 5.04. The Kier molecular flexibility index (Phi) is 4.69. The molecule has 1 unspecified atom stereocenters. The van der Waals surface area contributed by atoms with Crippen LogP contribution in [-0.2, 0) is 4.79 Å². The predicted molar refractivity (Wildman–Crippen MR) is 48.8 cm³/mol. The molecule has 13 heavy (non-hydrogen) atoms. The molecule has 74 valence electrons. The molecule has 1 atom stereocenters. The van der Waals surface area contributed by atoms with E-state index < -0.39 is 6.30 Å². The quantitative estimate of drug-likeness (QED) is 0.287. The Hall–Kier alpha value is -0.690. The van der Waals surface area contributed by atoms with Gasteiger partial charge in [-0.05, 0) is 5.92 Å². The molecule has 0 aromatic heterocycles. The van der Waals surface area contributed by atoms with E-state index in [4.69, 9.17) is 0 Å². The highest BCUT2D eigenvalue weighted by molar-refractivity contribution is 5.33. The predicted octanol–water partition coefficient (Wildman–Crippen LogP) is 2.98. The van der Waals surface area contributed by atoms with Crippen molar-refractivity contribution < 1.29 is 9.18 Å². The highest BCUT2D eigenvalue weighted by Gasteiger charge is 2.16. The number of nitrogens with zero attached hydrogens (tertiary/aromatic N) is 1. The minimum Gasteiger partial charge on any atom is -0.221 e. The maximum absolute atomic E-state index is 12.9. The van der Waals surface area contributed by atoms with Gasteiger partial charge in [0.2, 0.25) is 12.4 Å². The molecular formula is C10H16FNO. The topological polar surface area (TPSA) is 29.4 Å². The molecule has 1 aliphatic carbocycles. The summed E-state index contributed by atoms with van der Waals surface area (Å²) in [6.45, 7) is 0. The molecule has 1 saturated carbocycles. The third-order valence-electron chi connectivity index (χ3n) is 2.70. The Bertz CT molecular complexity index is 181. The van der Waals surface area contributed by atoms with Gasteiger partial charge in [-0.1, -0.05) is 38.5 Å². The summed E-state index contributed by atoms with van der Waals surface area (Å²) in [6, 6.07) is 0. The molecule has 3 heteroatoms. The first-order valence-electron chi connectivity index (χ1n) is 5.04. The molecule has 2 nitrogen and oxygen atoms in total. The van der Waals surface area contributed by atoms with Gasteiger partial charge in [-0.15, -0.1) is 0 Å². The third kappa shape index (κ3) is 4.18. The molecule has 0 spiro atoms. The van der Waals surface area contributed by atoms with Crippen LogP contribution in [0.15, 0.2) is 4.99 Å². The molecule has 0 amide bonds. The van der Waals surface area contributed by atoms with Gasteiger partial charge < -0.3 is 0 Å². The van der Waals surface area contributed by atoms with Gasteiger partial charge in [0, 0.05) is 6.42 Å². The monoisotopic (exact) mass is 185 g/mol. The molecule has 1 aliphatic rings. The molecule has 0 N–H and O–H groups in total. The number of halogens is 1. The molecule has 0 saturated heterocycles. The first-order chi connectivity index (χ1) is 6.33. The third-order valence-corrected chi connectivity index (χ3v) is 2.70. The molecular weight excluding hydrogens is 169 g/mol. The second-order valence-corrected chi connectivity index (χ2v) is 3.75. The van der Waals surface area contributed by atoms with Crippen molar-refractivity contribution in [3.8, 4) is 0 Å². The standard InChI is InChI=1S/C10H16FNO/c11-10(12-8-13)7-9-5-3-1-2-4-6-9/h9-10H,1-7H2. The summed E-state index contributed by atoms with van der Waals surface area (Å²) in [4.78, 5) is 12.9. The van der Waals surface area contributed by atoms with Gasteiger partial charge in [0.05, 0.1) is 0 Å². The Labute approximate surface area is 78.2 Å². The van der Waals surface area contributed by atoms with E-state index in [1.807, 2.05) is 0 Å². The van der Waals surface area contributed by atoms with Crippen molar-refractivity contribution in [1.29, 1.82) is 0 Å². The summed E-state index contributed by atoms with van der Waals surface area (Å²) in [5.41, 5.74) is 0. The van der Waals surface area contributed by atoms with E-state index in [2.05, 4.69) is 4.99 Å². The van der Waals surface area contributed by atoms with E-state index in [-0.39, 0.29) is 0 Å². The van der Waals surface area contributed by atoms with Gasteiger partial charge >= 0.3 is 0 Å². The lowest BCUT2D eigenvalue weighted by atomic mass is 9.96. The Morgan fingerprint density at radius 2 is 1.92 bits per heavy atom.